The van der Waals surface area contributed by atoms with E-state index in [9.17, 15) is 14.7 Å². The molecule has 0 spiro atoms. The van der Waals surface area contributed by atoms with Crippen molar-refractivity contribution in [3.63, 3.8) is 0 Å². The molecule has 0 bridgehead atoms. The molecular weight excluding hydrogens is 398 g/mol. The number of carbonyl (C=O) groups is 2. The number of aliphatic hydroxyl groups excluding tert-OH is 1. The second-order valence-electron chi connectivity index (χ2n) is 7.15. The lowest BCUT2D eigenvalue weighted by Gasteiger charge is -2.25. The number of nitrogens with zero attached hydrogens (tertiary/aromatic N) is 1. The first-order valence-corrected chi connectivity index (χ1v) is 10.4. The first kappa shape index (κ1) is 19.9. The largest absolute Gasteiger partial charge is 0.507 e. The standard InChI is InChI=1S/C24H21NO4S/c1-14-11-12-30-23(14)20-19(21(26)18-10-9-17(29-3)13-15(18)2)22(27)24(28)25(20)16-7-5-4-6-8-16/h4-13,20,26H,1-3H3/b21-19+. The Balaban J connectivity index is 1.95. The minimum absolute atomic E-state index is 0.0997. The van der Waals surface area contributed by atoms with Crippen LogP contribution in [-0.4, -0.2) is 23.9 Å². The van der Waals surface area contributed by atoms with E-state index in [1.807, 2.05) is 43.5 Å². The van der Waals surface area contributed by atoms with Crippen molar-refractivity contribution in [2.75, 3.05) is 12.0 Å². The maximum Gasteiger partial charge on any atom is 0.300 e. The highest BCUT2D eigenvalue weighted by molar-refractivity contribution is 7.10. The summed E-state index contributed by atoms with van der Waals surface area (Å²) in [5.74, 6) is -0.861. The van der Waals surface area contributed by atoms with Crippen LogP contribution in [0.3, 0.4) is 0 Å². The normalized spacial score (nSPS) is 18.1. The summed E-state index contributed by atoms with van der Waals surface area (Å²) in [6, 6.07) is 15.6. The van der Waals surface area contributed by atoms with Crippen molar-refractivity contribution in [2.24, 2.45) is 0 Å². The number of aryl methyl sites for hydroxylation is 2. The zero-order valence-corrected chi connectivity index (χ0v) is 17.7. The smallest absolute Gasteiger partial charge is 0.300 e. The zero-order chi connectivity index (χ0) is 21.4. The summed E-state index contributed by atoms with van der Waals surface area (Å²) in [4.78, 5) is 28.5. The molecule has 0 saturated carbocycles. The molecule has 6 heteroatoms. The number of aliphatic hydroxyl groups is 1. The van der Waals surface area contributed by atoms with Gasteiger partial charge in [0.15, 0.2) is 0 Å². The van der Waals surface area contributed by atoms with Gasteiger partial charge in [-0.2, -0.15) is 0 Å². The predicted molar refractivity (Wildman–Crippen MR) is 118 cm³/mol. The van der Waals surface area contributed by atoms with Crippen LogP contribution in [0.25, 0.3) is 5.76 Å². The number of thiophene rings is 1. The highest BCUT2D eigenvalue weighted by atomic mass is 32.1. The molecule has 1 amide bonds. The Kier molecular flexibility index (Phi) is 5.18. The maximum atomic E-state index is 13.1. The summed E-state index contributed by atoms with van der Waals surface area (Å²) in [6.07, 6.45) is 0. The highest BCUT2D eigenvalue weighted by Crippen LogP contribution is 2.45. The molecule has 5 nitrogen and oxygen atoms in total. The predicted octanol–water partition coefficient (Wildman–Crippen LogP) is 5.00. The monoisotopic (exact) mass is 419 g/mol. The minimum Gasteiger partial charge on any atom is -0.507 e. The summed E-state index contributed by atoms with van der Waals surface area (Å²) < 4.78 is 5.24. The number of para-hydroxylation sites is 1. The molecular formula is C24H21NO4S. The number of ether oxygens (including phenoxy) is 1. The molecule has 4 rings (SSSR count). The second-order valence-corrected chi connectivity index (χ2v) is 8.10. The van der Waals surface area contributed by atoms with Gasteiger partial charge in [0.05, 0.1) is 12.7 Å². The van der Waals surface area contributed by atoms with Crippen LogP contribution < -0.4 is 9.64 Å². The van der Waals surface area contributed by atoms with Gasteiger partial charge in [-0.3, -0.25) is 14.5 Å². The van der Waals surface area contributed by atoms with Crippen molar-refractivity contribution in [1.82, 2.24) is 0 Å². The average Bonchev–Trinajstić information content (AvgIpc) is 3.28. The molecule has 0 radical (unpaired) electrons. The van der Waals surface area contributed by atoms with Crippen LogP contribution in [0.2, 0.25) is 0 Å². The fourth-order valence-corrected chi connectivity index (χ4v) is 4.80. The van der Waals surface area contributed by atoms with Crippen molar-refractivity contribution in [2.45, 2.75) is 19.9 Å². The van der Waals surface area contributed by atoms with Crippen LogP contribution in [0, 0.1) is 13.8 Å². The van der Waals surface area contributed by atoms with E-state index in [-0.39, 0.29) is 11.3 Å². The summed E-state index contributed by atoms with van der Waals surface area (Å²) in [7, 11) is 1.57. The third kappa shape index (κ3) is 3.19. The number of benzene rings is 2. The summed E-state index contributed by atoms with van der Waals surface area (Å²) in [5, 5.41) is 13.1. The summed E-state index contributed by atoms with van der Waals surface area (Å²) >= 11 is 1.46. The molecule has 1 unspecified atom stereocenters. The van der Waals surface area contributed by atoms with E-state index in [1.165, 1.54) is 16.2 Å². The lowest BCUT2D eigenvalue weighted by Crippen LogP contribution is -2.29. The van der Waals surface area contributed by atoms with Crippen molar-refractivity contribution >= 4 is 34.5 Å². The van der Waals surface area contributed by atoms with Gasteiger partial charge in [0.25, 0.3) is 11.7 Å². The number of hydrogen-bond acceptors (Lipinski definition) is 5. The number of carbonyl (C=O) groups excluding carboxylic acids is 2. The fourth-order valence-electron chi connectivity index (χ4n) is 3.77. The summed E-state index contributed by atoms with van der Waals surface area (Å²) in [6.45, 7) is 3.77. The molecule has 30 heavy (non-hydrogen) atoms. The second kappa shape index (κ2) is 7.80. The first-order chi connectivity index (χ1) is 14.4. The Morgan fingerprint density at radius 1 is 1.03 bits per heavy atom. The number of methoxy groups -OCH3 is 1. The van der Waals surface area contributed by atoms with Crippen LogP contribution >= 0.6 is 11.3 Å². The molecule has 1 aromatic heterocycles. The molecule has 1 N–H and O–H groups in total. The minimum atomic E-state index is -0.690. The number of ketones is 1. The number of amides is 1. The zero-order valence-electron chi connectivity index (χ0n) is 16.9. The first-order valence-electron chi connectivity index (χ1n) is 9.49. The molecule has 1 saturated heterocycles. The third-order valence-corrected chi connectivity index (χ3v) is 6.39. The van der Waals surface area contributed by atoms with Crippen LogP contribution in [0.4, 0.5) is 5.69 Å². The van der Waals surface area contributed by atoms with Gasteiger partial charge >= 0.3 is 0 Å². The topological polar surface area (TPSA) is 66.8 Å². The lowest BCUT2D eigenvalue weighted by atomic mass is 9.96. The van der Waals surface area contributed by atoms with Crippen LogP contribution in [0.15, 0.2) is 65.6 Å². The maximum absolute atomic E-state index is 13.1. The molecule has 1 aliphatic rings. The van der Waals surface area contributed by atoms with Gasteiger partial charge in [-0.05, 0) is 66.8 Å². The van der Waals surface area contributed by atoms with Gasteiger partial charge in [0.2, 0.25) is 0 Å². The average molecular weight is 420 g/mol. The van der Waals surface area contributed by atoms with E-state index in [0.717, 1.165) is 16.0 Å². The van der Waals surface area contributed by atoms with Crippen molar-refractivity contribution in [3.05, 3.63) is 87.1 Å². The van der Waals surface area contributed by atoms with E-state index in [0.29, 0.717) is 17.0 Å². The molecule has 3 aromatic rings. The Morgan fingerprint density at radius 3 is 2.37 bits per heavy atom. The van der Waals surface area contributed by atoms with E-state index < -0.39 is 17.7 Å². The Bertz CT molecular complexity index is 1160. The Hall–Kier alpha value is -3.38. The van der Waals surface area contributed by atoms with Gasteiger partial charge in [-0.1, -0.05) is 18.2 Å². The van der Waals surface area contributed by atoms with Crippen LogP contribution in [-0.2, 0) is 9.59 Å². The van der Waals surface area contributed by atoms with Crippen molar-refractivity contribution in [3.8, 4) is 5.75 Å². The molecule has 1 aliphatic heterocycles. The van der Waals surface area contributed by atoms with Crippen LogP contribution in [0.1, 0.15) is 27.6 Å². The Labute approximate surface area is 178 Å². The van der Waals surface area contributed by atoms with Crippen molar-refractivity contribution < 1.29 is 19.4 Å². The van der Waals surface area contributed by atoms with Gasteiger partial charge < -0.3 is 9.84 Å². The van der Waals surface area contributed by atoms with Crippen LogP contribution in [0.5, 0.6) is 5.75 Å². The molecule has 0 aliphatic carbocycles. The van der Waals surface area contributed by atoms with Crippen molar-refractivity contribution in [1.29, 1.82) is 0 Å². The number of Topliss-reactive ketones (excluding diaryl/α,β-unsaturated/α-hetero) is 1. The van der Waals surface area contributed by atoms with E-state index in [2.05, 4.69) is 0 Å². The number of anilines is 1. The molecule has 2 heterocycles. The van der Waals surface area contributed by atoms with E-state index in [4.69, 9.17) is 4.74 Å². The van der Waals surface area contributed by atoms with Gasteiger partial charge in [0, 0.05) is 16.1 Å². The van der Waals surface area contributed by atoms with Gasteiger partial charge in [-0.15, -0.1) is 11.3 Å². The van der Waals surface area contributed by atoms with Gasteiger partial charge in [0.1, 0.15) is 17.6 Å². The highest BCUT2D eigenvalue weighted by Gasteiger charge is 2.47. The molecule has 1 atom stereocenters. The molecule has 1 fully saturated rings. The number of hydrogen-bond donors (Lipinski definition) is 1. The quantitative estimate of drug-likeness (QED) is 0.367. The van der Waals surface area contributed by atoms with E-state index in [1.54, 1.807) is 37.4 Å². The molecule has 2 aromatic carbocycles. The lowest BCUT2D eigenvalue weighted by molar-refractivity contribution is -0.132. The Morgan fingerprint density at radius 2 is 1.77 bits per heavy atom. The number of rotatable bonds is 4. The third-order valence-electron chi connectivity index (χ3n) is 5.32. The summed E-state index contributed by atoms with van der Waals surface area (Å²) in [5.41, 5.74) is 2.93. The van der Waals surface area contributed by atoms with E-state index >= 15 is 0 Å². The van der Waals surface area contributed by atoms with Gasteiger partial charge in [-0.25, -0.2) is 0 Å². The molecule has 152 valence electrons. The fraction of sp³-hybridized carbons (Fsp3) is 0.167. The SMILES string of the molecule is COc1ccc(/C(O)=C2\C(=O)C(=O)N(c3ccccc3)C2c2sccc2C)c(C)c1.